The zero-order valence-corrected chi connectivity index (χ0v) is 17.8. The molecule has 16 heteroatoms. The Hall–Kier alpha value is -0.930. The Bertz CT molecular complexity index is 635. The summed E-state index contributed by atoms with van der Waals surface area (Å²) < 4.78 is 20.9. The predicted molar refractivity (Wildman–Crippen MR) is 102 cm³/mol. The van der Waals surface area contributed by atoms with E-state index in [-0.39, 0.29) is 0 Å². The number of ether oxygens (including phenoxy) is 4. The lowest BCUT2D eigenvalue weighted by atomic mass is 9.96. The van der Waals surface area contributed by atoms with Crippen LogP contribution in [0.3, 0.4) is 0 Å². The number of aliphatic hydroxyl groups excluding tert-OH is 11. The molecule has 0 amide bonds. The molecule has 2 saturated heterocycles. The molecule has 11 N–H and O–H groups in total. The van der Waals surface area contributed by atoms with Crippen LogP contribution in [0.25, 0.3) is 0 Å². The Morgan fingerprint density at radius 3 is 1.82 bits per heavy atom. The van der Waals surface area contributed by atoms with E-state index in [4.69, 9.17) is 24.1 Å². The van der Waals surface area contributed by atoms with Gasteiger partial charge in [-0.3, -0.25) is 4.79 Å². The van der Waals surface area contributed by atoms with Gasteiger partial charge in [-0.15, -0.1) is 0 Å². The zero-order valence-electron chi connectivity index (χ0n) is 17.8. The molecule has 0 aromatic heterocycles. The van der Waals surface area contributed by atoms with Crippen LogP contribution in [0.2, 0.25) is 0 Å². The van der Waals surface area contributed by atoms with Crippen LogP contribution in [-0.2, 0) is 23.7 Å². The number of rotatable bonds is 11. The molecule has 0 aromatic carbocycles. The first-order valence-electron chi connectivity index (χ1n) is 10.4. The van der Waals surface area contributed by atoms with Crippen molar-refractivity contribution in [2.75, 3.05) is 26.4 Å². The molecular formula is C18H32O16. The lowest BCUT2D eigenvalue weighted by Crippen LogP contribution is -2.65. The molecule has 2 rings (SSSR count). The van der Waals surface area contributed by atoms with Crippen LogP contribution < -0.4 is 0 Å². The highest BCUT2D eigenvalue weighted by Crippen LogP contribution is 2.30. The monoisotopic (exact) mass is 504 g/mol. The van der Waals surface area contributed by atoms with Gasteiger partial charge in [0.1, 0.15) is 67.1 Å². The second-order valence-electron chi connectivity index (χ2n) is 7.91. The van der Waals surface area contributed by atoms with E-state index in [0.29, 0.717) is 0 Å². The van der Waals surface area contributed by atoms with Crippen molar-refractivity contribution < 1.29 is 79.9 Å². The molecule has 0 spiro atoms. The fourth-order valence-corrected chi connectivity index (χ4v) is 3.53. The van der Waals surface area contributed by atoms with Crippen LogP contribution in [0.4, 0.5) is 0 Å². The Kier molecular flexibility index (Phi) is 11.1. The van der Waals surface area contributed by atoms with Crippen molar-refractivity contribution in [1.29, 1.82) is 0 Å². The third-order valence-electron chi connectivity index (χ3n) is 5.56. The predicted octanol–water partition coefficient (Wildman–Crippen LogP) is -7.73. The molecule has 2 fully saturated rings. The molecule has 34 heavy (non-hydrogen) atoms. The highest BCUT2D eigenvalue weighted by atomic mass is 16.7. The fourth-order valence-electron chi connectivity index (χ4n) is 3.53. The molecule has 0 saturated carbocycles. The van der Waals surface area contributed by atoms with Crippen molar-refractivity contribution >= 4 is 5.78 Å². The second-order valence-corrected chi connectivity index (χ2v) is 7.91. The summed E-state index contributed by atoms with van der Waals surface area (Å²) in [5.41, 5.74) is 0. The number of carbonyl (C=O) groups excluding carboxylic acids is 1. The van der Waals surface area contributed by atoms with Crippen LogP contribution in [0.15, 0.2) is 0 Å². The van der Waals surface area contributed by atoms with Crippen molar-refractivity contribution in [3.63, 3.8) is 0 Å². The molecular weight excluding hydrogens is 472 g/mol. The zero-order chi connectivity index (χ0) is 25.7. The Morgan fingerprint density at radius 2 is 1.29 bits per heavy atom. The summed E-state index contributed by atoms with van der Waals surface area (Å²) in [6.45, 7) is -3.74. The molecule has 0 radical (unpaired) electrons. The summed E-state index contributed by atoms with van der Waals surface area (Å²) in [5.74, 6) is -1.28. The van der Waals surface area contributed by atoms with Crippen molar-refractivity contribution in [2.45, 2.75) is 79.7 Å². The van der Waals surface area contributed by atoms with Crippen LogP contribution in [0, 0.1) is 0 Å². The van der Waals surface area contributed by atoms with Crippen molar-refractivity contribution in [2.24, 2.45) is 0 Å². The summed E-state index contributed by atoms with van der Waals surface area (Å²) >= 11 is 0. The van der Waals surface area contributed by atoms with Crippen LogP contribution in [0.1, 0.15) is 0 Å². The standard InChI is InChI=1S/C18H32O16/c19-1-5(23)9(25)15(6(24)2-20)33-18-14(30)16(11(27)8(4-22)32-18)34-17-13(29)12(28)10(26)7(3-21)31-17/h5-8,10-24,26-30H,1-4H2/t5-,6+,7+,8+,10+,11-,12-,13+,14+,15+,16-,17+,18-/m0/s1. The van der Waals surface area contributed by atoms with E-state index in [2.05, 4.69) is 0 Å². The molecule has 2 aliphatic rings. The van der Waals surface area contributed by atoms with Crippen LogP contribution in [-0.4, -0.2) is 168 Å². The lowest BCUT2D eigenvalue weighted by Gasteiger charge is -2.46. The first-order valence-corrected chi connectivity index (χ1v) is 10.4. The largest absolute Gasteiger partial charge is 0.394 e. The molecule has 0 aromatic rings. The average molecular weight is 504 g/mol. The summed E-state index contributed by atoms with van der Waals surface area (Å²) in [5, 5.41) is 108. The maximum absolute atomic E-state index is 12.2. The van der Waals surface area contributed by atoms with Crippen LogP contribution >= 0.6 is 0 Å². The Balaban J connectivity index is 2.25. The van der Waals surface area contributed by atoms with Crippen molar-refractivity contribution in [3.8, 4) is 0 Å². The third kappa shape index (κ3) is 6.25. The van der Waals surface area contributed by atoms with Gasteiger partial charge in [0.25, 0.3) is 0 Å². The number of ketones is 1. The summed E-state index contributed by atoms with van der Waals surface area (Å²) in [7, 11) is 0. The van der Waals surface area contributed by atoms with E-state index < -0.39 is 112 Å². The highest BCUT2D eigenvalue weighted by Gasteiger charge is 2.52. The third-order valence-corrected chi connectivity index (χ3v) is 5.56. The number of carbonyl (C=O) groups is 1. The van der Waals surface area contributed by atoms with E-state index in [9.17, 15) is 55.9 Å². The average Bonchev–Trinajstić information content (AvgIpc) is 2.84. The molecule has 0 aliphatic carbocycles. The van der Waals surface area contributed by atoms with E-state index in [0.717, 1.165) is 0 Å². The highest BCUT2D eigenvalue weighted by molar-refractivity contribution is 5.87. The SMILES string of the molecule is O=C([C@@H](O)CO)[C@H](O[C@@H]1O[C@H](CO)[C@H](O)[C@H](O[C@H]2O[C@H](CO)[C@@H](O)[C@H](O)[C@H]2O)[C@H]1O)[C@H](O)CO. The molecule has 16 nitrogen and oxygen atoms in total. The van der Waals surface area contributed by atoms with Gasteiger partial charge in [0.2, 0.25) is 0 Å². The summed E-state index contributed by atoms with van der Waals surface area (Å²) in [6, 6.07) is 0. The van der Waals surface area contributed by atoms with E-state index >= 15 is 0 Å². The van der Waals surface area contributed by atoms with Gasteiger partial charge in [0.05, 0.1) is 26.4 Å². The molecule has 0 bridgehead atoms. The smallest absolute Gasteiger partial charge is 0.195 e. The summed E-state index contributed by atoms with van der Waals surface area (Å²) in [6.07, 6.45) is -23.7. The molecule has 13 atom stereocenters. The van der Waals surface area contributed by atoms with Gasteiger partial charge >= 0.3 is 0 Å². The minimum Gasteiger partial charge on any atom is -0.394 e. The van der Waals surface area contributed by atoms with E-state index in [1.807, 2.05) is 0 Å². The maximum atomic E-state index is 12.2. The van der Waals surface area contributed by atoms with Gasteiger partial charge in [0.15, 0.2) is 18.4 Å². The van der Waals surface area contributed by atoms with Gasteiger partial charge in [-0.05, 0) is 0 Å². The number of hydrogen-bond donors (Lipinski definition) is 11. The van der Waals surface area contributed by atoms with Gasteiger partial charge in [-0.2, -0.15) is 0 Å². The maximum Gasteiger partial charge on any atom is 0.195 e. The van der Waals surface area contributed by atoms with Gasteiger partial charge in [0, 0.05) is 0 Å². The molecule has 0 unspecified atom stereocenters. The minimum absolute atomic E-state index is 0.787. The van der Waals surface area contributed by atoms with Crippen LogP contribution in [0.5, 0.6) is 0 Å². The Labute approximate surface area is 192 Å². The first kappa shape index (κ1) is 29.3. The van der Waals surface area contributed by atoms with Gasteiger partial charge in [-0.25, -0.2) is 0 Å². The lowest BCUT2D eigenvalue weighted by molar-refractivity contribution is -0.364. The quantitative estimate of drug-likeness (QED) is 0.125. The van der Waals surface area contributed by atoms with Gasteiger partial charge in [-0.1, -0.05) is 0 Å². The second kappa shape index (κ2) is 12.9. The normalized spacial score (nSPS) is 41.6. The minimum atomic E-state index is -2.03. The van der Waals surface area contributed by atoms with Gasteiger partial charge < -0.3 is 75.1 Å². The number of aliphatic hydroxyl groups is 11. The molecule has 2 heterocycles. The number of hydrogen-bond acceptors (Lipinski definition) is 16. The van der Waals surface area contributed by atoms with E-state index in [1.165, 1.54) is 0 Å². The fraction of sp³-hybridized carbons (Fsp3) is 0.944. The summed E-state index contributed by atoms with van der Waals surface area (Å²) in [4.78, 5) is 12.2. The topological polar surface area (TPSA) is 277 Å². The number of Topliss-reactive ketones (excluding diaryl/α,β-unsaturated/α-hetero) is 1. The van der Waals surface area contributed by atoms with Crippen molar-refractivity contribution in [3.05, 3.63) is 0 Å². The first-order chi connectivity index (χ1) is 16.0. The van der Waals surface area contributed by atoms with Crippen molar-refractivity contribution in [1.82, 2.24) is 0 Å². The Morgan fingerprint density at radius 1 is 0.735 bits per heavy atom. The molecule has 2 aliphatic heterocycles. The van der Waals surface area contributed by atoms with E-state index in [1.54, 1.807) is 0 Å². The molecule has 200 valence electrons.